The van der Waals surface area contributed by atoms with E-state index in [9.17, 15) is 0 Å². The summed E-state index contributed by atoms with van der Waals surface area (Å²) in [6.07, 6.45) is 5.40. The first-order chi connectivity index (χ1) is 9.28. The van der Waals surface area contributed by atoms with Crippen LogP contribution in [0.25, 0.3) is 0 Å². The van der Waals surface area contributed by atoms with Gasteiger partial charge in [0.2, 0.25) is 5.95 Å². The van der Waals surface area contributed by atoms with Crippen LogP contribution < -0.4 is 11.1 Å². The van der Waals surface area contributed by atoms with Crippen LogP contribution in [-0.4, -0.2) is 23.1 Å². The molecule has 19 heavy (non-hydrogen) atoms. The molecular formula is C14H17ClN4. The molecule has 0 atom stereocenters. The zero-order valence-corrected chi connectivity index (χ0v) is 11.4. The third-order valence-corrected chi connectivity index (χ3v) is 2.94. The van der Waals surface area contributed by atoms with E-state index in [1.165, 1.54) is 5.56 Å². The monoisotopic (exact) mass is 276 g/mol. The topological polar surface area (TPSA) is 63.8 Å². The Balaban J connectivity index is 1.92. The van der Waals surface area contributed by atoms with Crippen LogP contribution >= 0.6 is 11.6 Å². The average Bonchev–Trinajstić information content (AvgIpc) is 2.44. The number of hydrogen-bond donors (Lipinski definition) is 2. The summed E-state index contributed by atoms with van der Waals surface area (Å²) >= 11 is 5.85. The molecule has 5 heteroatoms. The van der Waals surface area contributed by atoms with E-state index in [-0.39, 0.29) is 0 Å². The highest BCUT2D eigenvalue weighted by Gasteiger charge is 1.99. The molecule has 0 radical (unpaired) electrons. The van der Waals surface area contributed by atoms with Crippen molar-refractivity contribution in [1.29, 1.82) is 0 Å². The van der Waals surface area contributed by atoms with Crippen LogP contribution in [0.4, 0.5) is 5.95 Å². The fourth-order valence-corrected chi connectivity index (χ4v) is 1.80. The Bertz CT molecular complexity index is 496. The molecule has 0 aliphatic carbocycles. The number of nitrogens with one attached hydrogen (secondary N) is 1. The summed E-state index contributed by atoms with van der Waals surface area (Å²) in [5, 5.41) is 3.87. The lowest BCUT2D eigenvalue weighted by Gasteiger charge is -2.05. The molecule has 0 aliphatic heterocycles. The fraction of sp³-hybridized carbons (Fsp3) is 0.286. The molecule has 3 N–H and O–H groups in total. The highest BCUT2D eigenvalue weighted by molar-refractivity contribution is 6.30. The zero-order valence-electron chi connectivity index (χ0n) is 10.6. The molecule has 100 valence electrons. The molecule has 1 aromatic heterocycles. The summed E-state index contributed by atoms with van der Waals surface area (Å²) in [7, 11) is 0. The zero-order chi connectivity index (χ0) is 13.5. The molecule has 2 rings (SSSR count). The number of benzene rings is 1. The minimum absolute atomic E-state index is 0.647. The molecule has 0 amide bonds. The molecule has 0 bridgehead atoms. The van der Waals surface area contributed by atoms with Crippen LogP contribution in [0.2, 0.25) is 5.02 Å². The van der Waals surface area contributed by atoms with Crippen molar-refractivity contribution >= 4 is 17.5 Å². The smallest absolute Gasteiger partial charge is 0.222 e. The number of aromatic nitrogens is 2. The molecule has 0 fully saturated rings. The average molecular weight is 277 g/mol. The number of nitrogens with two attached hydrogens (primary N) is 1. The molecule has 0 unspecified atom stereocenters. The number of halogens is 1. The van der Waals surface area contributed by atoms with Gasteiger partial charge in [0.05, 0.1) is 0 Å². The van der Waals surface area contributed by atoms with Crippen molar-refractivity contribution in [2.75, 3.05) is 18.4 Å². The van der Waals surface area contributed by atoms with Gasteiger partial charge in [-0.3, -0.25) is 0 Å². The predicted molar refractivity (Wildman–Crippen MR) is 78.5 cm³/mol. The van der Waals surface area contributed by atoms with Crippen molar-refractivity contribution in [2.45, 2.75) is 12.8 Å². The largest absolute Gasteiger partial charge is 0.354 e. The first-order valence-electron chi connectivity index (χ1n) is 6.27. The van der Waals surface area contributed by atoms with Gasteiger partial charge in [-0.15, -0.1) is 0 Å². The molecule has 1 heterocycles. The Morgan fingerprint density at radius 1 is 1.05 bits per heavy atom. The van der Waals surface area contributed by atoms with Crippen molar-refractivity contribution in [3.63, 3.8) is 0 Å². The van der Waals surface area contributed by atoms with Gasteiger partial charge in [-0.1, -0.05) is 23.7 Å². The maximum absolute atomic E-state index is 5.85. The Morgan fingerprint density at radius 2 is 1.74 bits per heavy atom. The van der Waals surface area contributed by atoms with Gasteiger partial charge in [0.25, 0.3) is 0 Å². The van der Waals surface area contributed by atoms with Crippen LogP contribution in [0.15, 0.2) is 36.7 Å². The maximum atomic E-state index is 5.85. The summed E-state index contributed by atoms with van der Waals surface area (Å²) in [6.45, 7) is 1.47. The number of nitrogens with zero attached hydrogens (tertiary/aromatic N) is 2. The lowest BCUT2D eigenvalue weighted by atomic mass is 10.1. The van der Waals surface area contributed by atoms with Crippen LogP contribution in [0.3, 0.4) is 0 Å². The SMILES string of the molecule is NCCCNc1ncc(Cc2ccc(Cl)cc2)cn1. The first-order valence-corrected chi connectivity index (χ1v) is 6.65. The van der Waals surface area contributed by atoms with E-state index < -0.39 is 0 Å². The number of hydrogen-bond acceptors (Lipinski definition) is 4. The minimum Gasteiger partial charge on any atom is -0.354 e. The Morgan fingerprint density at radius 3 is 2.37 bits per heavy atom. The molecule has 1 aromatic carbocycles. The Labute approximate surface area is 118 Å². The molecular weight excluding hydrogens is 260 g/mol. The highest BCUT2D eigenvalue weighted by atomic mass is 35.5. The van der Waals surface area contributed by atoms with Gasteiger partial charge >= 0.3 is 0 Å². The lowest BCUT2D eigenvalue weighted by molar-refractivity contribution is 0.862. The quantitative estimate of drug-likeness (QED) is 0.796. The van der Waals surface area contributed by atoms with Crippen LogP contribution in [0.5, 0.6) is 0 Å². The summed E-state index contributed by atoms with van der Waals surface area (Å²) in [5.74, 6) is 0.647. The van der Waals surface area contributed by atoms with Crippen LogP contribution in [-0.2, 0) is 6.42 Å². The van der Waals surface area contributed by atoms with E-state index in [4.69, 9.17) is 17.3 Å². The van der Waals surface area contributed by atoms with Crippen molar-refractivity contribution in [1.82, 2.24) is 9.97 Å². The third kappa shape index (κ3) is 4.50. The van der Waals surface area contributed by atoms with Crippen molar-refractivity contribution in [2.24, 2.45) is 5.73 Å². The predicted octanol–water partition coefficient (Wildman–Crippen LogP) is 2.48. The van der Waals surface area contributed by atoms with Crippen molar-refractivity contribution in [3.8, 4) is 0 Å². The van der Waals surface area contributed by atoms with Crippen molar-refractivity contribution in [3.05, 3.63) is 52.8 Å². The summed E-state index contributed by atoms with van der Waals surface area (Å²) in [5.41, 5.74) is 7.69. The molecule has 0 saturated heterocycles. The first kappa shape index (κ1) is 13.8. The van der Waals surface area contributed by atoms with E-state index in [1.807, 2.05) is 36.7 Å². The second kappa shape index (κ2) is 7.07. The highest BCUT2D eigenvalue weighted by Crippen LogP contribution is 2.13. The lowest BCUT2D eigenvalue weighted by Crippen LogP contribution is -2.10. The van der Waals surface area contributed by atoms with E-state index in [2.05, 4.69) is 15.3 Å². The van der Waals surface area contributed by atoms with Crippen LogP contribution in [0.1, 0.15) is 17.5 Å². The van der Waals surface area contributed by atoms with E-state index >= 15 is 0 Å². The van der Waals surface area contributed by atoms with E-state index in [0.29, 0.717) is 12.5 Å². The summed E-state index contributed by atoms with van der Waals surface area (Å²) < 4.78 is 0. The van der Waals surface area contributed by atoms with Gasteiger partial charge in [0, 0.05) is 30.4 Å². The summed E-state index contributed by atoms with van der Waals surface area (Å²) in [6, 6.07) is 7.80. The second-order valence-electron chi connectivity index (χ2n) is 4.29. The standard InChI is InChI=1S/C14H17ClN4/c15-13-4-2-11(3-5-13)8-12-9-18-14(19-10-12)17-7-1-6-16/h2-5,9-10H,1,6-8,16H2,(H,17,18,19). The van der Waals surface area contributed by atoms with E-state index in [1.54, 1.807) is 0 Å². The normalized spacial score (nSPS) is 10.4. The van der Waals surface area contributed by atoms with Gasteiger partial charge in [-0.05, 0) is 36.2 Å². The van der Waals surface area contributed by atoms with Gasteiger partial charge in [0.15, 0.2) is 0 Å². The molecule has 4 nitrogen and oxygen atoms in total. The molecule has 0 aliphatic rings. The number of rotatable bonds is 6. The Hall–Kier alpha value is -1.65. The Kier molecular flexibility index (Phi) is 5.12. The number of anilines is 1. The van der Waals surface area contributed by atoms with Gasteiger partial charge in [-0.25, -0.2) is 9.97 Å². The molecule has 0 saturated carbocycles. The maximum Gasteiger partial charge on any atom is 0.222 e. The summed E-state index contributed by atoms with van der Waals surface area (Å²) in [4.78, 5) is 8.55. The van der Waals surface area contributed by atoms with Gasteiger partial charge < -0.3 is 11.1 Å². The van der Waals surface area contributed by atoms with Gasteiger partial charge in [-0.2, -0.15) is 0 Å². The van der Waals surface area contributed by atoms with E-state index in [0.717, 1.165) is 30.0 Å². The third-order valence-electron chi connectivity index (χ3n) is 2.69. The minimum atomic E-state index is 0.647. The molecule has 2 aromatic rings. The van der Waals surface area contributed by atoms with Gasteiger partial charge in [0.1, 0.15) is 0 Å². The van der Waals surface area contributed by atoms with Crippen molar-refractivity contribution < 1.29 is 0 Å². The molecule has 0 spiro atoms. The fourth-order valence-electron chi connectivity index (χ4n) is 1.68. The van der Waals surface area contributed by atoms with Crippen LogP contribution in [0, 0.1) is 0 Å². The second-order valence-corrected chi connectivity index (χ2v) is 4.72.